The van der Waals surface area contributed by atoms with Crippen LogP contribution in [0, 0.1) is 0 Å². The average molecular weight is 896 g/mol. The van der Waals surface area contributed by atoms with Crippen molar-refractivity contribution in [1.82, 2.24) is 0 Å². The Labute approximate surface area is 383 Å². The van der Waals surface area contributed by atoms with Gasteiger partial charge < -0.3 is 29.1 Å². The molecule has 0 bridgehead atoms. The van der Waals surface area contributed by atoms with Crippen molar-refractivity contribution in [3.8, 4) is 11.5 Å². The van der Waals surface area contributed by atoms with Gasteiger partial charge in [0.1, 0.15) is 11.5 Å². The minimum Gasteiger partial charge on any atom is -0.497 e. The van der Waals surface area contributed by atoms with E-state index in [2.05, 4.69) is 0 Å². The SMILES string of the molecule is COc1cccc(C(=O)N2c3ccccc3C(N(C(=O)CCC(=O)N(c3ccc(Cl)cc3)C3CC(C)N(C(=O)c4cccc(OC)c4)c4ccccc43)c3ccc(Cl)cc3)CC2C)c1. The molecule has 0 radical (unpaired) electrons. The van der Waals surface area contributed by atoms with E-state index in [0.717, 1.165) is 11.1 Å². The van der Waals surface area contributed by atoms with Crippen LogP contribution in [0.4, 0.5) is 22.7 Å². The van der Waals surface area contributed by atoms with Crippen LogP contribution >= 0.6 is 23.2 Å². The number of amides is 4. The number of halogens is 2. The fourth-order valence-electron chi connectivity index (χ4n) is 9.12. The summed E-state index contributed by atoms with van der Waals surface area (Å²) < 4.78 is 10.8. The van der Waals surface area contributed by atoms with Gasteiger partial charge in [-0.15, -0.1) is 0 Å². The van der Waals surface area contributed by atoms with E-state index in [1.807, 2.05) is 86.6 Å². The predicted molar refractivity (Wildman–Crippen MR) is 253 cm³/mol. The Hall–Kier alpha value is -6.62. The maximum Gasteiger partial charge on any atom is 0.258 e. The molecule has 2 aliphatic rings. The van der Waals surface area contributed by atoms with Crippen molar-refractivity contribution in [1.29, 1.82) is 0 Å². The molecule has 0 spiro atoms. The molecule has 0 fully saturated rings. The molecule has 6 aromatic rings. The molecule has 2 aliphatic heterocycles. The van der Waals surface area contributed by atoms with Gasteiger partial charge in [0.05, 0.1) is 26.3 Å². The summed E-state index contributed by atoms with van der Waals surface area (Å²) in [6.45, 7) is 3.96. The monoisotopic (exact) mass is 894 g/mol. The van der Waals surface area contributed by atoms with Gasteiger partial charge in [0.25, 0.3) is 11.8 Å². The molecule has 8 rings (SSSR count). The van der Waals surface area contributed by atoms with Gasteiger partial charge in [-0.3, -0.25) is 19.2 Å². The first-order valence-electron chi connectivity index (χ1n) is 21.3. The summed E-state index contributed by atoms with van der Waals surface area (Å²) in [5, 5.41) is 1.03. The van der Waals surface area contributed by atoms with E-state index in [-0.39, 0.29) is 48.6 Å². The molecule has 0 saturated carbocycles. The molecule has 326 valence electrons. The molecule has 2 heterocycles. The van der Waals surface area contributed by atoms with Crippen molar-refractivity contribution in [2.24, 2.45) is 0 Å². The first-order chi connectivity index (χ1) is 31.0. The number of benzene rings is 6. The summed E-state index contributed by atoms with van der Waals surface area (Å²) in [4.78, 5) is 65.4. The normalized spacial score (nSPS) is 17.7. The molecule has 64 heavy (non-hydrogen) atoms. The molecule has 12 heteroatoms. The Bertz CT molecular complexity index is 2510. The summed E-state index contributed by atoms with van der Waals surface area (Å²) in [5.41, 5.74) is 5.20. The number of nitrogens with zero attached hydrogens (tertiary/aromatic N) is 4. The third kappa shape index (κ3) is 8.81. The van der Waals surface area contributed by atoms with Crippen molar-refractivity contribution in [3.05, 3.63) is 178 Å². The van der Waals surface area contributed by atoms with Gasteiger partial charge in [0.2, 0.25) is 11.8 Å². The van der Waals surface area contributed by atoms with Gasteiger partial charge in [-0.25, -0.2) is 0 Å². The van der Waals surface area contributed by atoms with Crippen LogP contribution in [0.2, 0.25) is 10.0 Å². The summed E-state index contributed by atoms with van der Waals surface area (Å²) in [6.07, 6.45) is 0.617. The van der Waals surface area contributed by atoms with Gasteiger partial charge in [-0.2, -0.15) is 0 Å². The second kappa shape index (κ2) is 19.0. The van der Waals surface area contributed by atoms with E-state index in [0.29, 0.717) is 68.3 Å². The topological polar surface area (TPSA) is 99.7 Å². The molecular formula is C52H48Cl2N4O6. The van der Waals surface area contributed by atoms with E-state index in [1.165, 1.54) is 0 Å². The first kappa shape index (κ1) is 44.0. The van der Waals surface area contributed by atoms with Crippen molar-refractivity contribution < 1.29 is 28.7 Å². The van der Waals surface area contributed by atoms with E-state index >= 15 is 0 Å². The van der Waals surface area contributed by atoms with Crippen LogP contribution in [0.25, 0.3) is 0 Å². The van der Waals surface area contributed by atoms with Gasteiger partial charge in [-0.1, -0.05) is 71.7 Å². The number of hydrogen-bond acceptors (Lipinski definition) is 6. The number of rotatable bonds is 11. The third-order valence-electron chi connectivity index (χ3n) is 12.1. The standard InChI is InChI=1S/C52H48Cl2N4O6/c1-33-29-47(43-15-5-7-17-45(43)55(33)51(61)35-11-9-13-41(31-35)63-3)57(39-23-19-37(53)20-24-39)49(59)27-28-50(60)58(40-25-21-38(54)22-26-40)48-30-34(2)56(46-18-8-6-16-44(46)48)52(62)36-12-10-14-42(32-36)64-4/h5-26,31-34,47-48H,27-30H2,1-4H3. The summed E-state index contributed by atoms with van der Waals surface area (Å²) in [7, 11) is 3.13. The van der Waals surface area contributed by atoms with Crippen LogP contribution in [0.1, 0.15) is 83.5 Å². The molecule has 0 N–H and O–H groups in total. The number of hydrogen-bond donors (Lipinski definition) is 0. The minimum atomic E-state index is -0.476. The lowest BCUT2D eigenvalue weighted by Gasteiger charge is -2.44. The minimum absolute atomic E-state index is 0.116. The van der Waals surface area contributed by atoms with Gasteiger partial charge in [-0.05, 0) is 135 Å². The Morgan fingerprint density at radius 2 is 0.906 bits per heavy atom. The fraction of sp³-hybridized carbons (Fsp3) is 0.231. The quantitative estimate of drug-likeness (QED) is 0.128. The summed E-state index contributed by atoms with van der Waals surface area (Å²) in [6, 6.07) is 42.1. The second-order valence-electron chi connectivity index (χ2n) is 16.1. The zero-order valence-electron chi connectivity index (χ0n) is 36.0. The highest BCUT2D eigenvalue weighted by molar-refractivity contribution is 6.31. The van der Waals surface area contributed by atoms with Crippen LogP contribution in [0.3, 0.4) is 0 Å². The number of ether oxygens (including phenoxy) is 2. The van der Waals surface area contributed by atoms with Gasteiger partial charge in [0.15, 0.2) is 0 Å². The lowest BCUT2D eigenvalue weighted by atomic mass is 9.88. The van der Waals surface area contributed by atoms with Gasteiger partial charge in [0, 0.05) is 68.8 Å². The number of carbonyl (C=O) groups excluding carboxylic acids is 4. The number of carbonyl (C=O) groups is 4. The van der Waals surface area contributed by atoms with Crippen LogP contribution in [0.15, 0.2) is 146 Å². The van der Waals surface area contributed by atoms with Crippen LogP contribution < -0.4 is 29.1 Å². The molecule has 6 aromatic carbocycles. The largest absolute Gasteiger partial charge is 0.497 e. The second-order valence-corrected chi connectivity index (χ2v) is 17.0. The molecule has 4 amide bonds. The van der Waals surface area contributed by atoms with Crippen molar-refractivity contribution >= 4 is 69.6 Å². The lowest BCUT2D eigenvalue weighted by Crippen LogP contribution is -2.48. The summed E-state index contributed by atoms with van der Waals surface area (Å²) in [5.74, 6) is 0.266. The first-order valence-corrected chi connectivity index (χ1v) is 22.0. The summed E-state index contributed by atoms with van der Waals surface area (Å²) >= 11 is 12.7. The maximum absolute atomic E-state index is 14.9. The third-order valence-corrected chi connectivity index (χ3v) is 12.6. The highest BCUT2D eigenvalue weighted by atomic mass is 35.5. The zero-order chi connectivity index (χ0) is 45.1. The molecule has 0 saturated heterocycles. The van der Waals surface area contributed by atoms with Crippen LogP contribution in [-0.4, -0.2) is 49.9 Å². The van der Waals surface area contributed by atoms with Crippen molar-refractivity contribution in [3.63, 3.8) is 0 Å². The van der Waals surface area contributed by atoms with E-state index in [4.69, 9.17) is 32.7 Å². The van der Waals surface area contributed by atoms with Crippen molar-refractivity contribution in [2.75, 3.05) is 33.8 Å². The Morgan fingerprint density at radius 3 is 1.28 bits per heavy atom. The van der Waals surface area contributed by atoms with Gasteiger partial charge >= 0.3 is 0 Å². The Morgan fingerprint density at radius 1 is 0.531 bits per heavy atom. The number of para-hydroxylation sites is 2. The Balaban J connectivity index is 1.11. The molecule has 4 atom stereocenters. The molecule has 0 aromatic heterocycles. The zero-order valence-corrected chi connectivity index (χ0v) is 37.5. The van der Waals surface area contributed by atoms with Crippen LogP contribution in [0.5, 0.6) is 11.5 Å². The van der Waals surface area contributed by atoms with E-state index in [1.54, 1.807) is 107 Å². The van der Waals surface area contributed by atoms with E-state index < -0.39 is 12.1 Å². The smallest absolute Gasteiger partial charge is 0.258 e. The molecule has 4 unspecified atom stereocenters. The fourth-order valence-corrected chi connectivity index (χ4v) is 9.37. The average Bonchev–Trinajstić information content (AvgIpc) is 3.32. The van der Waals surface area contributed by atoms with Crippen molar-refractivity contribution in [2.45, 2.75) is 63.7 Å². The predicted octanol–water partition coefficient (Wildman–Crippen LogP) is 11.5. The highest BCUT2D eigenvalue weighted by Crippen LogP contribution is 2.45. The molecule has 0 aliphatic carbocycles. The molecular weight excluding hydrogens is 847 g/mol. The highest BCUT2D eigenvalue weighted by Gasteiger charge is 2.41. The Kier molecular flexibility index (Phi) is 13.1. The van der Waals surface area contributed by atoms with Crippen LogP contribution in [-0.2, 0) is 9.59 Å². The molecule has 10 nitrogen and oxygen atoms in total. The lowest BCUT2D eigenvalue weighted by molar-refractivity contribution is -0.124. The maximum atomic E-state index is 14.9. The number of methoxy groups -OCH3 is 2. The number of fused-ring (bicyclic) bond motifs is 2. The van der Waals surface area contributed by atoms with E-state index in [9.17, 15) is 19.2 Å². The number of anilines is 4.